The Balaban J connectivity index is 2.60. The minimum absolute atomic E-state index is 0.165. The van der Waals surface area contributed by atoms with Crippen LogP contribution >= 0.6 is 15.9 Å². The van der Waals surface area contributed by atoms with Crippen LogP contribution in [0.15, 0.2) is 28.7 Å². The van der Waals surface area contributed by atoms with E-state index in [0.29, 0.717) is 0 Å². The van der Waals surface area contributed by atoms with Gasteiger partial charge < -0.3 is 10.0 Å². The van der Waals surface area contributed by atoms with Crippen LogP contribution in [0, 0.1) is 0 Å². The van der Waals surface area contributed by atoms with Crippen LogP contribution in [0.25, 0.3) is 0 Å². The van der Waals surface area contributed by atoms with Crippen molar-refractivity contribution in [3.05, 3.63) is 34.3 Å². The third-order valence-corrected chi connectivity index (χ3v) is 2.31. The van der Waals surface area contributed by atoms with Gasteiger partial charge in [0, 0.05) is 10.5 Å². The number of nitrogens with one attached hydrogen (secondary N) is 1. The van der Waals surface area contributed by atoms with E-state index in [-0.39, 0.29) is 6.04 Å². The number of carbonyl (C=O) groups is 1. The smallest absolute Gasteiger partial charge is 0.290 e. The normalized spacial score (nSPS) is 12.2. The summed E-state index contributed by atoms with van der Waals surface area (Å²) < 4.78 is 1.06. The van der Waals surface area contributed by atoms with Crippen LogP contribution in [0.1, 0.15) is 18.5 Å². The maximum Gasteiger partial charge on any atom is 0.290 e. The van der Waals surface area contributed by atoms with Gasteiger partial charge in [0.05, 0.1) is 6.19 Å². The Morgan fingerprint density at radius 1 is 1.46 bits per heavy atom. The number of benzene rings is 1. The lowest BCUT2D eigenvalue weighted by atomic mass is 9.95. The van der Waals surface area contributed by atoms with Crippen LogP contribution in [0.3, 0.4) is 0 Å². The average molecular weight is 239 g/mol. The molecule has 0 aromatic heterocycles. The summed E-state index contributed by atoms with van der Waals surface area (Å²) in [6.45, 7) is 2.00. The first-order valence-electron chi connectivity index (χ1n) is 4.02. The molecule has 0 unspecified atom stereocenters. The van der Waals surface area contributed by atoms with Gasteiger partial charge in [-0.15, -0.1) is 0 Å². The minimum Gasteiger partial charge on any atom is -0.348 e. The molecule has 2 nitrogen and oxygen atoms in total. The quantitative estimate of drug-likeness (QED) is 0.642. The molecule has 0 heterocycles. The SMILES string of the molecule is C[C@H](N[B]C=O)c1ccc(Br)cc1. The molecule has 0 bridgehead atoms. The summed E-state index contributed by atoms with van der Waals surface area (Å²) in [6, 6.07) is 8.15. The molecule has 0 saturated carbocycles. The van der Waals surface area contributed by atoms with Crippen molar-refractivity contribution < 1.29 is 4.79 Å². The van der Waals surface area contributed by atoms with E-state index in [1.807, 2.05) is 31.2 Å². The third-order valence-electron chi connectivity index (χ3n) is 1.78. The summed E-state index contributed by atoms with van der Waals surface area (Å²) >= 11 is 3.36. The summed E-state index contributed by atoms with van der Waals surface area (Å²) in [5.74, 6) is 0. The summed E-state index contributed by atoms with van der Waals surface area (Å²) in [4.78, 5) is 10.1. The first kappa shape index (κ1) is 10.5. The van der Waals surface area contributed by atoms with E-state index in [0.717, 1.165) is 16.2 Å². The fourth-order valence-corrected chi connectivity index (χ4v) is 1.30. The maximum absolute atomic E-state index is 10.1. The minimum atomic E-state index is 0.165. The molecular formula is C9H10BBrNO. The zero-order valence-electron chi connectivity index (χ0n) is 7.33. The second-order valence-corrected chi connectivity index (χ2v) is 3.66. The van der Waals surface area contributed by atoms with E-state index >= 15 is 0 Å². The Morgan fingerprint density at radius 3 is 2.62 bits per heavy atom. The molecule has 4 heteroatoms. The van der Waals surface area contributed by atoms with Gasteiger partial charge in [0.15, 0.2) is 0 Å². The second kappa shape index (κ2) is 5.20. The molecule has 1 N–H and O–H groups in total. The lowest BCUT2D eigenvalue weighted by Crippen LogP contribution is -2.23. The fraction of sp³-hybridized carbons (Fsp3) is 0.222. The van der Waals surface area contributed by atoms with E-state index in [1.54, 1.807) is 0 Å². The highest BCUT2D eigenvalue weighted by molar-refractivity contribution is 9.10. The molecule has 0 spiro atoms. The molecular weight excluding hydrogens is 229 g/mol. The van der Waals surface area contributed by atoms with Gasteiger partial charge >= 0.3 is 0 Å². The van der Waals surface area contributed by atoms with Crippen LogP contribution in [0.4, 0.5) is 0 Å². The monoisotopic (exact) mass is 238 g/mol. The summed E-state index contributed by atoms with van der Waals surface area (Å²) in [6.07, 6.45) is 0.745. The van der Waals surface area contributed by atoms with E-state index in [4.69, 9.17) is 0 Å². The topological polar surface area (TPSA) is 29.1 Å². The predicted octanol–water partition coefficient (Wildman–Crippen LogP) is 1.91. The zero-order chi connectivity index (χ0) is 9.68. The number of carbonyl (C=O) groups excluding carboxylic acids is 1. The Morgan fingerprint density at radius 2 is 2.08 bits per heavy atom. The molecule has 13 heavy (non-hydrogen) atoms. The maximum atomic E-state index is 10.1. The predicted molar refractivity (Wildman–Crippen MR) is 58.2 cm³/mol. The zero-order valence-corrected chi connectivity index (χ0v) is 8.91. The summed E-state index contributed by atoms with van der Waals surface area (Å²) in [5, 5.41) is 2.96. The number of hydrogen-bond acceptors (Lipinski definition) is 2. The van der Waals surface area contributed by atoms with Gasteiger partial charge in [0.2, 0.25) is 0 Å². The first-order chi connectivity index (χ1) is 6.24. The number of halogens is 1. The van der Waals surface area contributed by atoms with Crippen molar-refractivity contribution in [2.24, 2.45) is 0 Å². The van der Waals surface area contributed by atoms with Gasteiger partial charge in [-0.25, -0.2) is 0 Å². The number of hydrogen-bond donors (Lipinski definition) is 1. The van der Waals surface area contributed by atoms with Gasteiger partial charge in [0.1, 0.15) is 0 Å². The molecule has 1 rings (SSSR count). The Labute approximate surface area is 87.1 Å². The standard InChI is InChI=1S/C9H10BBrNO/c1-7(12-10-6-13)8-2-4-9(11)5-3-8/h2-7,12H,1H3/t7-/m0/s1. The highest BCUT2D eigenvalue weighted by Gasteiger charge is 2.03. The van der Waals surface area contributed by atoms with Crippen molar-refractivity contribution in [3.63, 3.8) is 0 Å². The van der Waals surface area contributed by atoms with E-state index < -0.39 is 0 Å². The summed E-state index contributed by atoms with van der Waals surface area (Å²) in [7, 11) is 1.41. The highest BCUT2D eigenvalue weighted by atomic mass is 79.9. The molecule has 1 aromatic carbocycles. The van der Waals surface area contributed by atoms with Crippen LogP contribution < -0.4 is 5.23 Å². The molecule has 0 aliphatic rings. The van der Waals surface area contributed by atoms with Crippen LogP contribution in [-0.4, -0.2) is 13.6 Å². The Kier molecular flexibility index (Phi) is 4.19. The average Bonchev–Trinajstić information content (AvgIpc) is 2.15. The van der Waals surface area contributed by atoms with Gasteiger partial charge in [-0.05, 0) is 24.6 Å². The van der Waals surface area contributed by atoms with Crippen molar-refractivity contribution in [2.75, 3.05) is 0 Å². The van der Waals surface area contributed by atoms with E-state index in [1.165, 1.54) is 7.41 Å². The van der Waals surface area contributed by atoms with Crippen molar-refractivity contribution in [1.82, 2.24) is 5.23 Å². The van der Waals surface area contributed by atoms with E-state index in [9.17, 15) is 4.79 Å². The van der Waals surface area contributed by atoms with Gasteiger partial charge in [-0.2, -0.15) is 0 Å². The Hall–Kier alpha value is -0.605. The molecule has 0 saturated heterocycles. The molecule has 0 aliphatic carbocycles. The molecule has 0 fully saturated rings. The lowest BCUT2D eigenvalue weighted by Gasteiger charge is -2.11. The highest BCUT2D eigenvalue weighted by Crippen LogP contribution is 2.15. The summed E-state index contributed by atoms with van der Waals surface area (Å²) in [5.41, 5.74) is 1.15. The fourth-order valence-electron chi connectivity index (χ4n) is 1.03. The molecule has 67 valence electrons. The van der Waals surface area contributed by atoms with Crippen molar-refractivity contribution in [1.29, 1.82) is 0 Å². The van der Waals surface area contributed by atoms with E-state index in [2.05, 4.69) is 21.2 Å². The molecule has 1 aromatic rings. The van der Waals surface area contributed by atoms with Crippen molar-refractivity contribution in [2.45, 2.75) is 13.0 Å². The van der Waals surface area contributed by atoms with Gasteiger partial charge in [-0.3, -0.25) is 0 Å². The van der Waals surface area contributed by atoms with Crippen LogP contribution in [0.5, 0.6) is 0 Å². The molecule has 1 atom stereocenters. The molecule has 0 aliphatic heterocycles. The van der Waals surface area contributed by atoms with Gasteiger partial charge in [-0.1, -0.05) is 28.1 Å². The Bertz CT molecular complexity index is 275. The van der Waals surface area contributed by atoms with Crippen LogP contribution in [-0.2, 0) is 4.79 Å². The first-order valence-corrected chi connectivity index (χ1v) is 4.82. The molecule has 1 radical (unpaired) electrons. The lowest BCUT2D eigenvalue weighted by molar-refractivity contribution is 0.567. The van der Waals surface area contributed by atoms with Crippen molar-refractivity contribution in [3.8, 4) is 0 Å². The number of rotatable bonds is 4. The largest absolute Gasteiger partial charge is 0.348 e. The molecule has 0 amide bonds. The third kappa shape index (κ3) is 3.32. The van der Waals surface area contributed by atoms with Crippen LogP contribution in [0.2, 0.25) is 0 Å². The van der Waals surface area contributed by atoms with Crippen molar-refractivity contribution >= 4 is 29.5 Å². The second-order valence-electron chi connectivity index (χ2n) is 2.74. The van der Waals surface area contributed by atoms with Gasteiger partial charge in [0.25, 0.3) is 7.41 Å².